The Balaban J connectivity index is 1.78. The summed E-state index contributed by atoms with van der Waals surface area (Å²) < 4.78 is 52.3. The second kappa shape index (κ2) is 7.72. The standard InChI is InChI=1S/C21H16F2N4O4S/c1-24-16-8-12(4-6-15(16)23)25-21(29)27(2)18-10-32(30,31)9-17-19(18)13-5-3-11(22)7-14(13)20(28)26-17/h3-8,18H,9-10H2,2H3,(H,25,29)(H,26,28). The van der Waals surface area contributed by atoms with Gasteiger partial charge in [-0.3, -0.25) is 4.79 Å². The summed E-state index contributed by atoms with van der Waals surface area (Å²) in [4.78, 5) is 32.0. The van der Waals surface area contributed by atoms with Crippen LogP contribution in [0.3, 0.4) is 0 Å². The summed E-state index contributed by atoms with van der Waals surface area (Å²) in [6.07, 6.45) is 0. The molecule has 32 heavy (non-hydrogen) atoms. The Labute approximate surface area is 181 Å². The van der Waals surface area contributed by atoms with Gasteiger partial charge in [0, 0.05) is 24.0 Å². The second-order valence-corrected chi connectivity index (χ2v) is 9.53. The maximum absolute atomic E-state index is 13.7. The minimum absolute atomic E-state index is 0.0436. The van der Waals surface area contributed by atoms with Crippen LogP contribution in [0.1, 0.15) is 17.3 Å². The average molecular weight is 458 g/mol. The molecular formula is C21H16F2N4O4S. The summed E-state index contributed by atoms with van der Waals surface area (Å²) in [5.41, 5.74) is -0.197. The Morgan fingerprint density at radius 3 is 2.69 bits per heavy atom. The lowest BCUT2D eigenvalue weighted by molar-refractivity contribution is 0.208. The predicted molar refractivity (Wildman–Crippen MR) is 114 cm³/mol. The van der Waals surface area contributed by atoms with Gasteiger partial charge >= 0.3 is 6.03 Å². The van der Waals surface area contributed by atoms with Gasteiger partial charge in [0.05, 0.1) is 29.5 Å². The van der Waals surface area contributed by atoms with E-state index < -0.39 is 50.6 Å². The van der Waals surface area contributed by atoms with Gasteiger partial charge in [-0.15, -0.1) is 0 Å². The molecule has 0 saturated carbocycles. The van der Waals surface area contributed by atoms with Gasteiger partial charge in [0.15, 0.2) is 9.84 Å². The molecule has 1 unspecified atom stereocenters. The summed E-state index contributed by atoms with van der Waals surface area (Å²) in [5, 5.41) is 2.91. The number of pyridine rings is 1. The van der Waals surface area contributed by atoms with E-state index in [2.05, 4.69) is 15.1 Å². The van der Waals surface area contributed by atoms with Crippen LogP contribution in [0.25, 0.3) is 15.6 Å². The van der Waals surface area contributed by atoms with E-state index in [1.807, 2.05) is 0 Å². The summed E-state index contributed by atoms with van der Waals surface area (Å²) in [5.74, 6) is -2.18. The van der Waals surface area contributed by atoms with Gasteiger partial charge in [-0.1, -0.05) is 6.07 Å². The Hall–Kier alpha value is -3.78. The van der Waals surface area contributed by atoms with Crippen molar-refractivity contribution in [1.82, 2.24) is 9.88 Å². The van der Waals surface area contributed by atoms with Crippen LogP contribution in [0.5, 0.6) is 0 Å². The Kier molecular flexibility index (Phi) is 5.18. The molecule has 0 fully saturated rings. The highest BCUT2D eigenvalue weighted by Crippen LogP contribution is 2.35. The highest BCUT2D eigenvalue weighted by atomic mass is 32.2. The van der Waals surface area contributed by atoms with Gasteiger partial charge in [-0.25, -0.2) is 26.8 Å². The van der Waals surface area contributed by atoms with Gasteiger partial charge in [0.25, 0.3) is 5.56 Å². The van der Waals surface area contributed by atoms with Crippen LogP contribution < -0.4 is 10.9 Å². The second-order valence-electron chi connectivity index (χ2n) is 7.43. The highest BCUT2D eigenvalue weighted by Gasteiger charge is 2.36. The van der Waals surface area contributed by atoms with Crippen molar-refractivity contribution in [3.05, 3.63) is 81.1 Å². The Morgan fingerprint density at radius 2 is 1.97 bits per heavy atom. The molecule has 1 aliphatic rings. The van der Waals surface area contributed by atoms with Crippen LogP contribution in [0, 0.1) is 18.2 Å². The van der Waals surface area contributed by atoms with Crippen molar-refractivity contribution in [3.8, 4) is 0 Å². The average Bonchev–Trinajstić information content (AvgIpc) is 2.73. The van der Waals surface area contributed by atoms with Crippen molar-refractivity contribution in [3.63, 3.8) is 0 Å². The van der Waals surface area contributed by atoms with Crippen molar-refractivity contribution in [2.45, 2.75) is 11.8 Å². The molecule has 1 aromatic heterocycles. The van der Waals surface area contributed by atoms with E-state index in [-0.39, 0.29) is 22.5 Å². The van der Waals surface area contributed by atoms with Crippen molar-refractivity contribution in [2.24, 2.45) is 0 Å². The fourth-order valence-corrected chi connectivity index (χ4v) is 5.46. The smallest absolute Gasteiger partial charge is 0.322 e. The van der Waals surface area contributed by atoms with Crippen LogP contribution in [0.2, 0.25) is 0 Å². The molecule has 0 radical (unpaired) electrons. The highest BCUT2D eigenvalue weighted by molar-refractivity contribution is 7.90. The largest absolute Gasteiger partial charge is 0.324 e. The third-order valence-corrected chi connectivity index (χ3v) is 6.87. The third-order valence-electron chi connectivity index (χ3n) is 5.32. The maximum Gasteiger partial charge on any atom is 0.322 e. The monoisotopic (exact) mass is 458 g/mol. The minimum atomic E-state index is -3.66. The molecule has 4 rings (SSSR count). The first-order chi connectivity index (χ1) is 15.1. The molecule has 3 aromatic rings. The number of fused-ring (bicyclic) bond motifs is 3. The van der Waals surface area contributed by atoms with E-state index in [9.17, 15) is 26.8 Å². The van der Waals surface area contributed by atoms with Gasteiger partial charge < -0.3 is 15.2 Å². The van der Waals surface area contributed by atoms with Crippen LogP contribution >= 0.6 is 0 Å². The van der Waals surface area contributed by atoms with Gasteiger partial charge in [-0.05, 0) is 35.7 Å². The summed E-state index contributed by atoms with van der Waals surface area (Å²) in [6, 6.07) is 5.39. The number of urea groups is 1. The molecule has 0 saturated heterocycles. The number of anilines is 1. The number of aromatic nitrogens is 1. The zero-order valence-electron chi connectivity index (χ0n) is 16.6. The number of carbonyl (C=O) groups is 1. The van der Waals surface area contributed by atoms with E-state index >= 15 is 0 Å². The van der Waals surface area contributed by atoms with Crippen LogP contribution in [0.4, 0.5) is 25.0 Å². The van der Waals surface area contributed by atoms with E-state index in [0.717, 1.165) is 29.2 Å². The fourth-order valence-electron chi connectivity index (χ4n) is 3.81. The molecule has 2 amide bonds. The van der Waals surface area contributed by atoms with Crippen molar-refractivity contribution in [1.29, 1.82) is 0 Å². The molecule has 0 aliphatic carbocycles. The van der Waals surface area contributed by atoms with Gasteiger partial charge in [0.1, 0.15) is 11.6 Å². The molecule has 1 atom stereocenters. The SMILES string of the molecule is [C-]#[N+]c1cc(NC(=O)N(C)C2CS(=O)(=O)Cc3[nH]c(=O)c4cc(F)ccc4c32)ccc1F. The van der Waals surface area contributed by atoms with Crippen LogP contribution in [0.15, 0.2) is 41.2 Å². The summed E-state index contributed by atoms with van der Waals surface area (Å²) >= 11 is 0. The normalized spacial score (nSPS) is 16.8. The summed E-state index contributed by atoms with van der Waals surface area (Å²) in [7, 11) is -2.28. The van der Waals surface area contributed by atoms with Gasteiger partial charge in [0.2, 0.25) is 5.69 Å². The molecule has 2 aromatic carbocycles. The van der Waals surface area contributed by atoms with Crippen LogP contribution in [-0.2, 0) is 15.6 Å². The maximum atomic E-state index is 13.7. The number of H-pyrrole nitrogens is 1. The first-order valence-electron chi connectivity index (χ1n) is 9.35. The van der Waals surface area contributed by atoms with E-state index in [1.54, 1.807) is 0 Å². The number of rotatable bonds is 2. The van der Waals surface area contributed by atoms with Gasteiger partial charge in [-0.2, -0.15) is 0 Å². The van der Waals surface area contributed by atoms with Crippen molar-refractivity contribution >= 4 is 38.0 Å². The quantitative estimate of drug-likeness (QED) is 0.574. The zero-order chi connectivity index (χ0) is 23.2. The third kappa shape index (κ3) is 3.80. The lowest BCUT2D eigenvalue weighted by atomic mass is 9.97. The first kappa shape index (κ1) is 21.5. The van der Waals surface area contributed by atoms with E-state index in [4.69, 9.17) is 6.57 Å². The summed E-state index contributed by atoms with van der Waals surface area (Å²) in [6.45, 7) is 6.98. The number of aromatic amines is 1. The fraction of sp³-hybridized carbons (Fsp3) is 0.190. The number of benzene rings is 2. The molecule has 2 heterocycles. The molecular weight excluding hydrogens is 442 g/mol. The molecule has 8 nitrogen and oxygen atoms in total. The number of nitrogens with zero attached hydrogens (tertiary/aromatic N) is 2. The number of sulfone groups is 1. The molecule has 0 spiro atoms. The number of carbonyl (C=O) groups excluding carboxylic acids is 1. The zero-order valence-corrected chi connectivity index (χ0v) is 17.5. The topological polar surface area (TPSA) is 104 Å². The lowest BCUT2D eigenvalue weighted by Gasteiger charge is -2.33. The number of nitrogens with one attached hydrogen (secondary N) is 2. The molecule has 164 valence electrons. The molecule has 2 N–H and O–H groups in total. The number of amides is 2. The van der Waals surface area contributed by atoms with Crippen molar-refractivity contribution in [2.75, 3.05) is 18.1 Å². The number of hydrogen-bond acceptors (Lipinski definition) is 4. The molecule has 11 heteroatoms. The Bertz CT molecular complexity index is 1480. The molecule has 0 bridgehead atoms. The lowest BCUT2D eigenvalue weighted by Crippen LogP contribution is -2.41. The van der Waals surface area contributed by atoms with Crippen LogP contribution in [-0.4, -0.2) is 37.1 Å². The number of hydrogen-bond donors (Lipinski definition) is 2. The molecule has 1 aliphatic heterocycles. The minimum Gasteiger partial charge on any atom is -0.324 e. The first-order valence-corrected chi connectivity index (χ1v) is 11.2. The van der Waals surface area contributed by atoms with E-state index in [0.29, 0.717) is 10.9 Å². The van der Waals surface area contributed by atoms with Crippen molar-refractivity contribution < 1.29 is 22.0 Å². The van der Waals surface area contributed by atoms with E-state index in [1.165, 1.54) is 19.2 Å². The number of halogens is 2. The predicted octanol–water partition coefficient (Wildman–Crippen LogP) is 3.49. The Morgan fingerprint density at radius 1 is 1.22 bits per heavy atom.